The zero-order valence-corrected chi connectivity index (χ0v) is 14.6. The average molecular weight is 374 g/mol. The maximum atomic E-state index is 6.44. The van der Waals surface area contributed by atoms with Crippen molar-refractivity contribution in [3.8, 4) is 11.5 Å². The second kappa shape index (κ2) is 7.23. The molecule has 1 aromatic rings. The van der Waals surface area contributed by atoms with Crippen molar-refractivity contribution in [2.45, 2.75) is 49.8 Å². The first-order valence-corrected chi connectivity index (χ1v) is 9.26. The topological polar surface area (TPSA) is 18.5 Å². The minimum atomic E-state index is 0.295. The molecule has 1 unspecified atom stereocenters. The van der Waals surface area contributed by atoms with Crippen molar-refractivity contribution in [2.24, 2.45) is 5.92 Å². The summed E-state index contributed by atoms with van der Waals surface area (Å²) in [7, 11) is 0. The van der Waals surface area contributed by atoms with Crippen LogP contribution in [-0.4, -0.2) is 13.2 Å². The minimum absolute atomic E-state index is 0.295. The molecule has 0 spiro atoms. The van der Waals surface area contributed by atoms with Crippen LogP contribution in [0.2, 0.25) is 5.02 Å². The van der Waals surface area contributed by atoms with Crippen LogP contribution in [0.25, 0.3) is 0 Å². The van der Waals surface area contributed by atoms with E-state index in [1.807, 2.05) is 12.1 Å². The van der Waals surface area contributed by atoms with Crippen molar-refractivity contribution in [3.63, 3.8) is 0 Å². The van der Waals surface area contributed by atoms with Crippen LogP contribution >= 0.6 is 27.5 Å². The lowest BCUT2D eigenvalue weighted by molar-refractivity contribution is 0.171. The second-order valence-corrected chi connectivity index (χ2v) is 7.59. The molecule has 1 heterocycles. The molecule has 21 heavy (non-hydrogen) atoms. The van der Waals surface area contributed by atoms with E-state index in [0.717, 1.165) is 34.4 Å². The smallest absolute Gasteiger partial charge is 0.162 e. The molecule has 1 aliphatic carbocycles. The first-order valence-electron chi connectivity index (χ1n) is 7.97. The minimum Gasteiger partial charge on any atom is -0.486 e. The first-order chi connectivity index (χ1) is 10.2. The fourth-order valence-corrected chi connectivity index (χ4v) is 4.66. The highest BCUT2D eigenvalue weighted by Gasteiger charge is 2.22. The van der Waals surface area contributed by atoms with E-state index < -0.39 is 0 Å². The van der Waals surface area contributed by atoms with Gasteiger partial charge in [0.15, 0.2) is 11.5 Å². The lowest BCUT2D eigenvalue weighted by Gasteiger charge is -2.23. The Morgan fingerprint density at radius 3 is 2.33 bits per heavy atom. The van der Waals surface area contributed by atoms with Crippen LogP contribution in [-0.2, 0) is 0 Å². The third-order valence-corrected chi connectivity index (χ3v) is 5.71. The van der Waals surface area contributed by atoms with Gasteiger partial charge in [-0.1, -0.05) is 66.1 Å². The van der Waals surface area contributed by atoms with Crippen molar-refractivity contribution >= 4 is 27.5 Å². The van der Waals surface area contributed by atoms with Crippen molar-refractivity contribution in [1.82, 2.24) is 0 Å². The number of halogens is 2. The molecule has 1 atom stereocenters. The van der Waals surface area contributed by atoms with Crippen LogP contribution in [0.5, 0.6) is 11.5 Å². The van der Waals surface area contributed by atoms with Crippen LogP contribution in [0.15, 0.2) is 12.1 Å². The van der Waals surface area contributed by atoms with Gasteiger partial charge >= 0.3 is 0 Å². The van der Waals surface area contributed by atoms with Crippen molar-refractivity contribution in [3.05, 3.63) is 22.7 Å². The van der Waals surface area contributed by atoms with Gasteiger partial charge in [-0.25, -0.2) is 0 Å². The fourth-order valence-electron chi connectivity index (χ4n) is 3.34. The fraction of sp³-hybridized carbons (Fsp3) is 0.647. The maximum absolute atomic E-state index is 6.44. The van der Waals surface area contributed by atoms with E-state index in [4.69, 9.17) is 21.1 Å². The average Bonchev–Trinajstić information content (AvgIpc) is 2.75. The van der Waals surface area contributed by atoms with Gasteiger partial charge in [0.05, 0.1) is 0 Å². The lowest BCUT2D eigenvalue weighted by Crippen LogP contribution is -2.15. The van der Waals surface area contributed by atoms with Crippen LogP contribution in [0.3, 0.4) is 0 Å². The van der Waals surface area contributed by atoms with Crippen molar-refractivity contribution < 1.29 is 9.47 Å². The molecular weight excluding hydrogens is 352 g/mol. The zero-order valence-electron chi connectivity index (χ0n) is 12.2. The number of alkyl halides is 1. The summed E-state index contributed by atoms with van der Waals surface area (Å²) in [6.07, 6.45) is 9.40. The molecule has 0 radical (unpaired) electrons. The summed E-state index contributed by atoms with van der Waals surface area (Å²) >= 11 is 10.3. The molecule has 3 rings (SSSR count). The van der Waals surface area contributed by atoms with Gasteiger partial charge in [-0.2, -0.15) is 0 Å². The van der Waals surface area contributed by atoms with Gasteiger partial charge in [0.1, 0.15) is 13.2 Å². The number of rotatable bonds is 3. The van der Waals surface area contributed by atoms with E-state index in [1.165, 1.54) is 38.5 Å². The third-order valence-electron chi connectivity index (χ3n) is 4.51. The molecule has 1 aliphatic heterocycles. The Hall–Kier alpha value is -0.410. The summed E-state index contributed by atoms with van der Waals surface area (Å²) in [4.78, 5) is 0.295. The Labute approximate surface area is 140 Å². The van der Waals surface area contributed by atoms with Gasteiger partial charge in [-0.3, -0.25) is 0 Å². The highest BCUT2D eigenvalue weighted by atomic mass is 79.9. The maximum Gasteiger partial charge on any atom is 0.162 e. The molecule has 2 aliphatic rings. The number of ether oxygens (including phenoxy) is 2. The Morgan fingerprint density at radius 2 is 1.67 bits per heavy atom. The molecule has 1 fully saturated rings. The van der Waals surface area contributed by atoms with E-state index in [1.54, 1.807) is 0 Å². The summed E-state index contributed by atoms with van der Waals surface area (Å²) in [5.74, 6) is 2.40. The summed E-state index contributed by atoms with van der Waals surface area (Å²) in [5.41, 5.74) is 1.13. The van der Waals surface area contributed by atoms with E-state index >= 15 is 0 Å². The summed E-state index contributed by atoms with van der Waals surface area (Å²) in [6, 6.07) is 3.94. The first kappa shape index (κ1) is 15.5. The molecule has 1 aromatic carbocycles. The molecule has 0 aromatic heterocycles. The zero-order chi connectivity index (χ0) is 14.7. The van der Waals surface area contributed by atoms with Gasteiger partial charge in [-0.15, -0.1) is 0 Å². The molecule has 1 saturated carbocycles. The van der Waals surface area contributed by atoms with Gasteiger partial charge in [-0.05, 0) is 24.0 Å². The van der Waals surface area contributed by atoms with Gasteiger partial charge < -0.3 is 9.47 Å². The second-order valence-electron chi connectivity index (χ2n) is 6.08. The number of hydrogen-bond acceptors (Lipinski definition) is 2. The highest BCUT2D eigenvalue weighted by molar-refractivity contribution is 9.09. The Kier molecular flexibility index (Phi) is 5.33. The van der Waals surface area contributed by atoms with E-state index in [-0.39, 0.29) is 0 Å². The molecule has 116 valence electrons. The summed E-state index contributed by atoms with van der Waals surface area (Å²) in [5, 5.41) is 0.773. The number of fused-ring (bicyclic) bond motifs is 1. The molecule has 0 amide bonds. The predicted octanol–water partition coefficient (Wildman–Crippen LogP) is 5.91. The van der Waals surface area contributed by atoms with Crippen LogP contribution in [0.4, 0.5) is 0 Å². The Bertz CT molecular complexity index is 484. The summed E-state index contributed by atoms with van der Waals surface area (Å²) in [6.45, 7) is 1.21. The Balaban J connectivity index is 1.72. The number of hydrogen-bond donors (Lipinski definition) is 0. The normalized spacial score (nSPS) is 20.9. The van der Waals surface area contributed by atoms with Gasteiger partial charge in [0, 0.05) is 15.9 Å². The lowest BCUT2D eigenvalue weighted by atomic mass is 9.92. The third kappa shape index (κ3) is 3.87. The van der Waals surface area contributed by atoms with Gasteiger partial charge in [0.25, 0.3) is 0 Å². The molecule has 0 saturated heterocycles. The van der Waals surface area contributed by atoms with E-state index in [0.29, 0.717) is 18.0 Å². The quantitative estimate of drug-likeness (QED) is 0.484. The largest absolute Gasteiger partial charge is 0.486 e. The van der Waals surface area contributed by atoms with E-state index in [9.17, 15) is 0 Å². The van der Waals surface area contributed by atoms with Crippen molar-refractivity contribution in [1.29, 1.82) is 0 Å². The highest BCUT2D eigenvalue weighted by Crippen LogP contribution is 2.43. The predicted molar refractivity (Wildman–Crippen MR) is 89.9 cm³/mol. The van der Waals surface area contributed by atoms with Crippen LogP contribution in [0, 0.1) is 5.92 Å². The SMILES string of the molecule is Clc1cc2c(cc1C(Br)CC1CCCCCC1)OCCO2. The molecule has 2 nitrogen and oxygen atoms in total. The molecular formula is C17H22BrClO2. The van der Waals surface area contributed by atoms with Gasteiger partial charge in [0.2, 0.25) is 0 Å². The van der Waals surface area contributed by atoms with Crippen LogP contribution in [0.1, 0.15) is 55.3 Å². The number of benzene rings is 1. The van der Waals surface area contributed by atoms with Crippen molar-refractivity contribution in [2.75, 3.05) is 13.2 Å². The summed E-state index contributed by atoms with van der Waals surface area (Å²) < 4.78 is 11.3. The monoisotopic (exact) mass is 372 g/mol. The molecule has 0 N–H and O–H groups in total. The van der Waals surface area contributed by atoms with Crippen LogP contribution < -0.4 is 9.47 Å². The molecule has 0 bridgehead atoms. The Morgan fingerprint density at radius 1 is 1.05 bits per heavy atom. The molecule has 4 heteroatoms. The van der Waals surface area contributed by atoms with E-state index in [2.05, 4.69) is 15.9 Å². The standard InChI is InChI=1S/C17H22BrClO2/c18-14(9-12-5-3-1-2-4-6-12)13-10-16-17(11-15(13)19)21-8-7-20-16/h10-12,14H,1-9H2.